The number of nitrogens with zero attached hydrogens (tertiary/aromatic N) is 2. The van der Waals surface area contributed by atoms with Crippen LogP contribution < -0.4 is 0 Å². The predicted molar refractivity (Wildman–Crippen MR) is 91.4 cm³/mol. The lowest BCUT2D eigenvalue weighted by Gasteiger charge is -2.25. The molecule has 1 aliphatic rings. The Balaban J connectivity index is 1.85. The van der Waals surface area contributed by atoms with Gasteiger partial charge in [0.05, 0.1) is 6.54 Å². The molecule has 0 saturated carbocycles. The highest BCUT2D eigenvalue weighted by Crippen LogP contribution is 2.19. The van der Waals surface area contributed by atoms with Crippen LogP contribution in [-0.2, 0) is 11.3 Å². The van der Waals surface area contributed by atoms with E-state index in [1.807, 2.05) is 11.9 Å². The maximum atomic E-state index is 10.8. The lowest BCUT2D eigenvalue weighted by molar-refractivity contribution is -0.138. The van der Waals surface area contributed by atoms with Crippen LogP contribution in [0.4, 0.5) is 0 Å². The summed E-state index contributed by atoms with van der Waals surface area (Å²) in [5, 5.41) is 8.92. The Hall–Kier alpha value is -1.04. The summed E-state index contributed by atoms with van der Waals surface area (Å²) in [7, 11) is 1.93. The normalized spacial score (nSPS) is 20.0. The molecule has 1 heterocycles. The van der Waals surface area contributed by atoms with E-state index in [2.05, 4.69) is 35.4 Å². The molecule has 1 fully saturated rings. The van der Waals surface area contributed by atoms with Crippen molar-refractivity contribution in [1.82, 2.24) is 9.80 Å². The molecule has 0 radical (unpaired) electrons. The van der Waals surface area contributed by atoms with E-state index in [-0.39, 0.29) is 6.54 Å². The van der Waals surface area contributed by atoms with Gasteiger partial charge in [-0.05, 0) is 63.4 Å². The van der Waals surface area contributed by atoms with Gasteiger partial charge < -0.3 is 5.11 Å². The zero-order chi connectivity index (χ0) is 15.9. The number of benzene rings is 1. The van der Waals surface area contributed by atoms with Crippen molar-refractivity contribution in [3.63, 3.8) is 0 Å². The Morgan fingerprint density at radius 1 is 1.32 bits per heavy atom. The summed E-state index contributed by atoms with van der Waals surface area (Å²) in [5.41, 5.74) is 1.36. The highest BCUT2D eigenvalue weighted by atomic mass is 32.2. The molecule has 1 atom stereocenters. The minimum atomic E-state index is -0.738. The van der Waals surface area contributed by atoms with Gasteiger partial charge in [-0.1, -0.05) is 12.1 Å². The Kier molecular flexibility index (Phi) is 6.73. The van der Waals surface area contributed by atoms with Crippen LogP contribution in [0.25, 0.3) is 0 Å². The van der Waals surface area contributed by atoms with E-state index < -0.39 is 5.97 Å². The van der Waals surface area contributed by atoms with E-state index in [9.17, 15) is 4.79 Å². The molecule has 0 aromatic heterocycles. The summed E-state index contributed by atoms with van der Waals surface area (Å²) in [5.74, 6) is -0.738. The molecule has 1 aliphatic heterocycles. The number of carboxylic acids is 1. The predicted octanol–water partition coefficient (Wildman–Crippen LogP) is 2.78. The number of hydrogen-bond acceptors (Lipinski definition) is 4. The van der Waals surface area contributed by atoms with Crippen molar-refractivity contribution in [3.8, 4) is 0 Å². The summed E-state index contributed by atoms with van der Waals surface area (Å²) in [6.07, 6.45) is 5.37. The summed E-state index contributed by atoms with van der Waals surface area (Å²) in [4.78, 5) is 16.6. The van der Waals surface area contributed by atoms with E-state index >= 15 is 0 Å². The molecule has 1 aromatic rings. The molecule has 0 spiro atoms. The molecular formula is C17H26N2O2S. The van der Waals surface area contributed by atoms with E-state index in [0.29, 0.717) is 6.04 Å². The second kappa shape index (κ2) is 8.56. The highest BCUT2D eigenvalue weighted by molar-refractivity contribution is 7.98. The first-order valence-corrected chi connectivity index (χ1v) is 9.08. The number of likely N-dealkylation sites (tertiary alicyclic amines) is 1. The third kappa shape index (κ3) is 5.30. The molecule has 1 aromatic carbocycles. The number of thioether (sulfide) groups is 1. The van der Waals surface area contributed by atoms with E-state index in [1.165, 1.54) is 10.5 Å². The lowest BCUT2D eigenvalue weighted by Crippen LogP contribution is -2.36. The number of hydrogen-bond donors (Lipinski definition) is 1. The summed E-state index contributed by atoms with van der Waals surface area (Å²) < 4.78 is 0. The average molecular weight is 322 g/mol. The maximum absolute atomic E-state index is 10.8. The molecule has 0 bridgehead atoms. The smallest absolute Gasteiger partial charge is 0.317 e. The second-order valence-corrected chi connectivity index (χ2v) is 6.90. The van der Waals surface area contributed by atoms with E-state index in [4.69, 9.17) is 5.11 Å². The summed E-state index contributed by atoms with van der Waals surface area (Å²) in [6, 6.07) is 9.18. The molecule has 0 amide bonds. The van der Waals surface area contributed by atoms with E-state index in [1.54, 1.807) is 11.8 Å². The standard InChI is InChI=1S/C17H26N2O2S/c1-18(13-17(20)21)15-4-3-10-19(11-9-15)12-14-5-7-16(22-2)8-6-14/h5-8,15H,3-4,9-13H2,1-2H3,(H,20,21). The molecule has 5 heteroatoms. The van der Waals surface area contributed by atoms with Gasteiger partial charge in [-0.25, -0.2) is 0 Å². The lowest BCUT2D eigenvalue weighted by atomic mass is 10.1. The fourth-order valence-electron chi connectivity index (χ4n) is 3.07. The molecular weight excluding hydrogens is 296 g/mol. The zero-order valence-corrected chi connectivity index (χ0v) is 14.3. The van der Waals surface area contributed by atoms with Gasteiger partial charge in [-0.15, -0.1) is 11.8 Å². The minimum absolute atomic E-state index is 0.140. The van der Waals surface area contributed by atoms with Crippen LogP contribution in [-0.4, -0.2) is 59.9 Å². The molecule has 1 saturated heterocycles. The van der Waals surface area contributed by atoms with Crippen molar-refractivity contribution in [3.05, 3.63) is 29.8 Å². The van der Waals surface area contributed by atoms with Crippen LogP contribution >= 0.6 is 11.8 Å². The van der Waals surface area contributed by atoms with Gasteiger partial charge in [0.15, 0.2) is 0 Å². The topological polar surface area (TPSA) is 43.8 Å². The molecule has 1 N–H and O–H groups in total. The van der Waals surface area contributed by atoms with Crippen LogP contribution in [0.15, 0.2) is 29.2 Å². The van der Waals surface area contributed by atoms with Gasteiger partial charge in [-0.3, -0.25) is 14.6 Å². The number of carbonyl (C=O) groups is 1. The molecule has 2 rings (SSSR count). The Morgan fingerprint density at radius 3 is 2.68 bits per heavy atom. The molecule has 122 valence electrons. The van der Waals surface area contributed by atoms with E-state index in [0.717, 1.165) is 38.9 Å². The van der Waals surface area contributed by atoms with Crippen molar-refractivity contribution >= 4 is 17.7 Å². The number of rotatable bonds is 6. The van der Waals surface area contributed by atoms with Gasteiger partial charge >= 0.3 is 5.97 Å². The first-order valence-electron chi connectivity index (χ1n) is 7.86. The summed E-state index contributed by atoms with van der Waals surface area (Å²) >= 11 is 1.77. The first kappa shape index (κ1) is 17.3. The van der Waals surface area contributed by atoms with Crippen LogP contribution in [0, 0.1) is 0 Å². The van der Waals surface area contributed by atoms with Crippen LogP contribution in [0.1, 0.15) is 24.8 Å². The van der Waals surface area contributed by atoms with Crippen LogP contribution in [0.3, 0.4) is 0 Å². The SMILES string of the molecule is CSc1ccc(CN2CCCC(N(C)CC(=O)O)CC2)cc1. The highest BCUT2D eigenvalue weighted by Gasteiger charge is 2.21. The quantitative estimate of drug-likeness (QED) is 0.816. The zero-order valence-electron chi connectivity index (χ0n) is 13.5. The van der Waals surface area contributed by atoms with Crippen molar-refractivity contribution < 1.29 is 9.90 Å². The third-order valence-corrected chi connectivity index (χ3v) is 5.11. The fraction of sp³-hybridized carbons (Fsp3) is 0.588. The van der Waals surface area contributed by atoms with Crippen molar-refractivity contribution in [2.24, 2.45) is 0 Å². The fourth-order valence-corrected chi connectivity index (χ4v) is 3.48. The Labute approximate surface area is 137 Å². The Bertz CT molecular complexity index is 478. The van der Waals surface area contributed by atoms with Crippen molar-refractivity contribution in [2.75, 3.05) is 32.9 Å². The second-order valence-electron chi connectivity index (χ2n) is 6.02. The number of likely N-dealkylation sites (N-methyl/N-ethyl adjacent to an activating group) is 1. The van der Waals surface area contributed by atoms with Gasteiger partial charge in [0.25, 0.3) is 0 Å². The number of carboxylic acid groups (broad SMARTS) is 1. The monoisotopic (exact) mass is 322 g/mol. The maximum Gasteiger partial charge on any atom is 0.317 e. The average Bonchev–Trinajstić information content (AvgIpc) is 2.73. The van der Waals surface area contributed by atoms with Crippen molar-refractivity contribution in [1.29, 1.82) is 0 Å². The molecule has 4 nitrogen and oxygen atoms in total. The van der Waals surface area contributed by atoms with Gasteiger partial charge in [0, 0.05) is 17.5 Å². The number of aliphatic carboxylic acids is 1. The largest absolute Gasteiger partial charge is 0.480 e. The summed E-state index contributed by atoms with van der Waals surface area (Å²) in [6.45, 7) is 3.27. The Morgan fingerprint density at radius 2 is 2.05 bits per heavy atom. The van der Waals surface area contributed by atoms with Crippen LogP contribution in [0.5, 0.6) is 0 Å². The third-order valence-electron chi connectivity index (χ3n) is 4.36. The van der Waals surface area contributed by atoms with Gasteiger partial charge in [0.2, 0.25) is 0 Å². The minimum Gasteiger partial charge on any atom is -0.480 e. The first-order chi connectivity index (χ1) is 10.6. The molecule has 22 heavy (non-hydrogen) atoms. The van der Waals surface area contributed by atoms with Crippen molar-refractivity contribution in [2.45, 2.75) is 36.7 Å². The molecule has 1 unspecified atom stereocenters. The van der Waals surface area contributed by atoms with Crippen LogP contribution in [0.2, 0.25) is 0 Å². The van der Waals surface area contributed by atoms with Gasteiger partial charge in [-0.2, -0.15) is 0 Å². The molecule has 0 aliphatic carbocycles. The van der Waals surface area contributed by atoms with Gasteiger partial charge in [0.1, 0.15) is 0 Å².